The van der Waals surface area contributed by atoms with Gasteiger partial charge in [-0.15, -0.1) is 0 Å². The van der Waals surface area contributed by atoms with Crippen molar-refractivity contribution in [3.8, 4) is 0 Å². The molecule has 0 fully saturated rings. The van der Waals surface area contributed by atoms with Crippen LogP contribution in [-0.4, -0.2) is 11.1 Å². The minimum absolute atomic E-state index is 0.147. The second-order valence-corrected chi connectivity index (χ2v) is 4.27. The molecule has 0 amide bonds. The van der Waals surface area contributed by atoms with Gasteiger partial charge < -0.3 is 0 Å². The number of alkyl halides is 3. The van der Waals surface area contributed by atoms with Crippen molar-refractivity contribution < 1.29 is 18.1 Å². The number of halogens is 3. The highest BCUT2D eigenvalue weighted by molar-refractivity contribution is 5.47. The molecule has 3 nitrogen and oxygen atoms in total. The van der Waals surface area contributed by atoms with Crippen molar-refractivity contribution in [2.75, 3.05) is 0 Å². The minimum atomic E-state index is -4.68. The predicted molar refractivity (Wildman–Crippen MR) is 59.2 cm³/mol. The summed E-state index contributed by atoms with van der Waals surface area (Å²) in [4.78, 5) is 9.74. The molecule has 0 aromatic heterocycles. The van der Waals surface area contributed by atoms with Crippen LogP contribution in [0.2, 0.25) is 0 Å². The highest BCUT2D eigenvalue weighted by atomic mass is 19.4. The molecule has 2 aliphatic rings. The maximum Gasteiger partial charge on any atom is 0.419 e. The van der Waals surface area contributed by atoms with Gasteiger partial charge in [0.1, 0.15) is 5.57 Å². The first-order valence-corrected chi connectivity index (χ1v) is 5.33. The number of hydrogen-bond donors (Lipinski definition) is 0. The lowest BCUT2D eigenvalue weighted by molar-refractivity contribution is -0.422. The first-order valence-electron chi connectivity index (χ1n) is 5.33. The SMILES string of the molecule is CC1=CCC2C(=C1)C=CC([N+](=O)[O-])=C2C(F)(F)F. The molecule has 0 radical (unpaired) electrons. The van der Waals surface area contributed by atoms with E-state index in [1.165, 1.54) is 6.08 Å². The van der Waals surface area contributed by atoms with Crippen LogP contribution < -0.4 is 0 Å². The smallest absolute Gasteiger partial charge is 0.258 e. The van der Waals surface area contributed by atoms with Gasteiger partial charge in [0.15, 0.2) is 0 Å². The molecule has 0 aliphatic heterocycles. The van der Waals surface area contributed by atoms with Gasteiger partial charge in [-0.2, -0.15) is 13.2 Å². The van der Waals surface area contributed by atoms with Gasteiger partial charge in [-0.25, -0.2) is 0 Å². The molecule has 18 heavy (non-hydrogen) atoms. The lowest BCUT2D eigenvalue weighted by Gasteiger charge is -2.27. The number of nitro groups is 1. The van der Waals surface area contributed by atoms with Crippen LogP contribution >= 0.6 is 0 Å². The van der Waals surface area contributed by atoms with E-state index in [1.807, 2.05) is 0 Å². The van der Waals surface area contributed by atoms with Crippen molar-refractivity contribution in [1.29, 1.82) is 0 Å². The maximum atomic E-state index is 13.0. The second kappa shape index (κ2) is 4.12. The van der Waals surface area contributed by atoms with Crippen molar-refractivity contribution in [3.63, 3.8) is 0 Å². The summed E-state index contributed by atoms with van der Waals surface area (Å²) in [5.41, 5.74) is -0.549. The predicted octanol–water partition coefficient (Wildman–Crippen LogP) is 3.54. The lowest BCUT2D eigenvalue weighted by Crippen LogP contribution is -2.27. The summed E-state index contributed by atoms with van der Waals surface area (Å²) >= 11 is 0. The van der Waals surface area contributed by atoms with Crippen LogP contribution in [0.4, 0.5) is 13.2 Å². The van der Waals surface area contributed by atoms with E-state index in [-0.39, 0.29) is 6.42 Å². The van der Waals surface area contributed by atoms with Gasteiger partial charge in [0.25, 0.3) is 5.70 Å². The first kappa shape index (κ1) is 12.6. The van der Waals surface area contributed by atoms with E-state index >= 15 is 0 Å². The number of allylic oxidation sites excluding steroid dienone is 7. The number of nitrogens with zero attached hydrogens (tertiary/aromatic N) is 1. The van der Waals surface area contributed by atoms with E-state index in [9.17, 15) is 23.3 Å². The summed E-state index contributed by atoms with van der Waals surface area (Å²) in [6, 6.07) is 0. The number of hydrogen-bond acceptors (Lipinski definition) is 2. The standard InChI is InChI=1S/C12H10F3NO2/c1-7-2-4-9-8(6-7)3-5-10(16(17)18)11(9)12(13,14)15/h2-3,5-6,9H,4H2,1H3. The fourth-order valence-corrected chi connectivity index (χ4v) is 2.26. The van der Waals surface area contributed by atoms with E-state index < -0.39 is 28.3 Å². The summed E-state index contributed by atoms with van der Waals surface area (Å²) in [6.45, 7) is 1.79. The zero-order chi connectivity index (χ0) is 13.5. The molecule has 0 saturated carbocycles. The lowest BCUT2D eigenvalue weighted by atomic mass is 9.79. The van der Waals surface area contributed by atoms with Crippen LogP contribution in [0, 0.1) is 16.0 Å². The topological polar surface area (TPSA) is 43.1 Å². The second-order valence-electron chi connectivity index (χ2n) is 4.27. The molecular formula is C12H10F3NO2. The van der Waals surface area contributed by atoms with Gasteiger partial charge in [-0.1, -0.05) is 23.8 Å². The Bertz CT molecular complexity index is 524. The molecule has 2 aliphatic carbocycles. The van der Waals surface area contributed by atoms with E-state index in [0.29, 0.717) is 5.57 Å². The molecule has 96 valence electrons. The Balaban J connectivity index is 2.56. The zero-order valence-electron chi connectivity index (χ0n) is 9.49. The maximum absolute atomic E-state index is 13.0. The van der Waals surface area contributed by atoms with Gasteiger partial charge in [-0.05, 0) is 18.9 Å². The Morgan fingerprint density at radius 2 is 2.06 bits per heavy atom. The molecule has 0 heterocycles. The molecular weight excluding hydrogens is 247 g/mol. The third-order valence-electron chi connectivity index (χ3n) is 3.03. The van der Waals surface area contributed by atoms with E-state index in [0.717, 1.165) is 11.6 Å². The Morgan fingerprint density at radius 1 is 1.39 bits per heavy atom. The highest BCUT2D eigenvalue weighted by Gasteiger charge is 2.47. The molecule has 6 heteroatoms. The quantitative estimate of drug-likeness (QED) is 0.532. The van der Waals surface area contributed by atoms with E-state index in [2.05, 4.69) is 0 Å². The molecule has 2 rings (SSSR count). The van der Waals surface area contributed by atoms with Crippen molar-refractivity contribution >= 4 is 0 Å². The summed E-state index contributed by atoms with van der Waals surface area (Å²) in [5.74, 6) is -0.959. The molecule has 1 unspecified atom stereocenters. The van der Waals surface area contributed by atoms with E-state index in [1.54, 1.807) is 19.1 Å². The van der Waals surface area contributed by atoms with Crippen LogP contribution in [0.15, 0.2) is 46.7 Å². The van der Waals surface area contributed by atoms with Crippen LogP contribution in [0.25, 0.3) is 0 Å². The van der Waals surface area contributed by atoms with Crippen molar-refractivity contribution in [3.05, 3.63) is 56.8 Å². The van der Waals surface area contributed by atoms with Gasteiger partial charge in [-0.3, -0.25) is 10.1 Å². The van der Waals surface area contributed by atoms with Crippen LogP contribution in [0.3, 0.4) is 0 Å². The Kier molecular flexibility index (Phi) is 2.88. The summed E-state index contributed by atoms with van der Waals surface area (Å²) in [7, 11) is 0. The number of rotatable bonds is 1. The summed E-state index contributed by atoms with van der Waals surface area (Å²) < 4.78 is 38.9. The third-order valence-corrected chi connectivity index (χ3v) is 3.03. The summed E-state index contributed by atoms with van der Waals surface area (Å²) in [6.07, 6.45) is 1.09. The van der Waals surface area contributed by atoms with Crippen LogP contribution in [0.1, 0.15) is 13.3 Å². The third kappa shape index (κ3) is 2.10. The average Bonchev–Trinajstić information content (AvgIpc) is 2.25. The van der Waals surface area contributed by atoms with Crippen molar-refractivity contribution in [2.45, 2.75) is 19.5 Å². The molecule has 0 aromatic rings. The van der Waals surface area contributed by atoms with Crippen molar-refractivity contribution in [1.82, 2.24) is 0 Å². The van der Waals surface area contributed by atoms with Gasteiger partial charge >= 0.3 is 6.18 Å². The molecule has 0 saturated heterocycles. The Labute approximate surface area is 101 Å². The molecule has 0 bridgehead atoms. The Morgan fingerprint density at radius 3 is 2.61 bits per heavy atom. The molecule has 0 aromatic carbocycles. The van der Waals surface area contributed by atoms with Gasteiger partial charge in [0.2, 0.25) is 0 Å². The minimum Gasteiger partial charge on any atom is -0.258 e. The van der Waals surface area contributed by atoms with Crippen LogP contribution in [0.5, 0.6) is 0 Å². The molecule has 0 spiro atoms. The highest BCUT2D eigenvalue weighted by Crippen LogP contribution is 2.44. The first-order chi connectivity index (χ1) is 8.30. The zero-order valence-corrected chi connectivity index (χ0v) is 9.49. The van der Waals surface area contributed by atoms with Gasteiger partial charge in [0.05, 0.1) is 4.92 Å². The number of fused-ring (bicyclic) bond motifs is 1. The van der Waals surface area contributed by atoms with Crippen LogP contribution in [-0.2, 0) is 0 Å². The monoisotopic (exact) mass is 257 g/mol. The fraction of sp³-hybridized carbons (Fsp3) is 0.333. The Hall–Kier alpha value is -1.85. The fourth-order valence-electron chi connectivity index (χ4n) is 2.26. The van der Waals surface area contributed by atoms with Crippen molar-refractivity contribution in [2.24, 2.45) is 5.92 Å². The largest absolute Gasteiger partial charge is 0.419 e. The molecule has 0 N–H and O–H groups in total. The van der Waals surface area contributed by atoms with E-state index in [4.69, 9.17) is 0 Å². The average molecular weight is 257 g/mol. The summed E-state index contributed by atoms with van der Waals surface area (Å²) in [5, 5.41) is 10.7. The normalized spacial score (nSPS) is 23.4. The van der Waals surface area contributed by atoms with Gasteiger partial charge in [0, 0.05) is 12.0 Å². The molecule has 1 atom stereocenters.